The van der Waals surface area contributed by atoms with Crippen LogP contribution >= 0.6 is 0 Å². The number of hydrogen-bond donors (Lipinski definition) is 3. The van der Waals surface area contributed by atoms with Crippen molar-refractivity contribution < 1.29 is 24.0 Å². The Balaban J connectivity index is 1.50. The number of imide groups is 1. The van der Waals surface area contributed by atoms with E-state index in [0.717, 1.165) is 31.2 Å². The van der Waals surface area contributed by atoms with E-state index >= 15 is 0 Å². The molecule has 9 nitrogen and oxygen atoms in total. The Morgan fingerprint density at radius 3 is 2.31 bits per heavy atom. The van der Waals surface area contributed by atoms with Crippen LogP contribution in [-0.4, -0.2) is 40.4 Å². The SMILES string of the molecule is O=C1CC(C(=O)C(NC(=O)C[C@H](NC(=O)c2ccccn2)c2ccccc2)C2CCCC2)C(=O)N1. The molecule has 1 saturated heterocycles. The van der Waals surface area contributed by atoms with Crippen LogP contribution in [0.15, 0.2) is 54.7 Å². The molecule has 3 atom stereocenters. The molecule has 1 aliphatic heterocycles. The van der Waals surface area contributed by atoms with Crippen molar-refractivity contribution in [3.05, 3.63) is 66.0 Å². The van der Waals surface area contributed by atoms with E-state index in [1.54, 1.807) is 18.2 Å². The third-order valence-corrected chi connectivity index (χ3v) is 6.60. The summed E-state index contributed by atoms with van der Waals surface area (Å²) in [6.07, 6.45) is 4.62. The molecular formula is C26H28N4O5. The van der Waals surface area contributed by atoms with Gasteiger partial charge >= 0.3 is 0 Å². The number of hydrogen-bond acceptors (Lipinski definition) is 6. The van der Waals surface area contributed by atoms with Crippen molar-refractivity contribution in [3.8, 4) is 0 Å². The summed E-state index contributed by atoms with van der Waals surface area (Å²) in [6, 6.07) is 12.6. The number of carbonyl (C=O) groups excluding carboxylic acids is 5. The number of rotatable bonds is 9. The molecule has 2 aliphatic rings. The lowest BCUT2D eigenvalue weighted by Crippen LogP contribution is -2.49. The Kier molecular flexibility index (Phi) is 7.64. The summed E-state index contributed by atoms with van der Waals surface area (Å²) >= 11 is 0. The van der Waals surface area contributed by atoms with Crippen LogP contribution in [0.25, 0.3) is 0 Å². The third-order valence-electron chi connectivity index (χ3n) is 6.60. The summed E-state index contributed by atoms with van der Waals surface area (Å²) in [7, 11) is 0. The van der Waals surface area contributed by atoms with E-state index in [1.165, 1.54) is 6.20 Å². The second kappa shape index (κ2) is 11.0. The number of pyridine rings is 1. The molecule has 4 rings (SSSR count). The largest absolute Gasteiger partial charge is 0.346 e. The van der Waals surface area contributed by atoms with Gasteiger partial charge in [-0.1, -0.05) is 49.2 Å². The lowest BCUT2D eigenvalue weighted by Gasteiger charge is -2.26. The van der Waals surface area contributed by atoms with E-state index in [9.17, 15) is 24.0 Å². The van der Waals surface area contributed by atoms with Crippen LogP contribution in [-0.2, 0) is 19.2 Å². The molecule has 0 spiro atoms. The molecule has 1 aliphatic carbocycles. The van der Waals surface area contributed by atoms with E-state index in [-0.39, 0.29) is 24.5 Å². The summed E-state index contributed by atoms with van der Waals surface area (Å²) in [4.78, 5) is 67.0. The first-order chi connectivity index (χ1) is 16.9. The number of benzene rings is 1. The zero-order valence-corrected chi connectivity index (χ0v) is 19.2. The van der Waals surface area contributed by atoms with Gasteiger partial charge < -0.3 is 10.6 Å². The van der Waals surface area contributed by atoms with Gasteiger partial charge in [-0.25, -0.2) is 0 Å². The molecule has 9 heteroatoms. The van der Waals surface area contributed by atoms with Crippen molar-refractivity contribution in [2.45, 2.75) is 50.6 Å². The minimum absolute atomic E-state index is 0.0896. The second-order valence-corrected chi connectivity index (χ2v) is 9.02. The number of ketones is 1. The van der Waals surface area contributed by atoms with Crippen LogP contribution in [0.1, 0.15) is 60.6 Å². The van der Waals surface area contributed by atoms with Gasteiger partial charge in [-0.3, -0.25) is 34.3 Å². The van der Waals surface area contributed by atoms with Gasteiger partial charge in [0.1, 0.15) is 11.6 Å². The fraction of sp³-hybridized carbons (Fsp3) is 0.385. The minimum atomic E-state index is -1.08. The molecule has 1 saturated carbocycles. The zero-order chi connectivity index (χ0) is 24.8. The average molecular weight is 477 g/mol. The van der Waals surface area contributed by atoms with Gasteiger partial charge in [-0.15, -0.1) is 0 Å². The Morgan fingerprint density at radius 1 is 0.971 bits per heavy atom. The molecule has 2 fully saturated rings. The molecule has 182 valence electrons. The molecule has 35 heavy (non-hydrogen) atoms. The first kappa shape index (κ1) is 24.3. The normalized spacial score (nSPS) is 19.6. The Bertz CT molecular complexity index is 1100. The topological polar surface area (TPSA) is 134 Å². The average Bonchev–Trinajstić information content (AvgIpc) is 3.52. The maximum atomic E-state index is 13.2. The van der Waals surface area contributed by atoms with Crippen LogP contribution in [0.3, 0.4) is 0 Å². The zero-order valence-electron chi connectivity index (χ0n) is 19.2. The van der Waals surface area contributed by atoms with Crippen LogP contribution in [0.2, 0.25) is 0 Å². The van der Waals surface area contributed by atoms with Crippen molar-refractivity contribution in [1.82, 2.24) is 20.9 Å². The summed E-state index contributed by atoms with van der Waals surface area (Å²) < 4.78 is 0. The number of nitrogens with one attached hydrogen (secondary N) is 3. The maximum absolute atomic E-state index is 13.2. The van der Waals surface area contributed by atoms with Crippen molar-refractivity contribution in [2.75, 3.05) is 0 Å². The van der Waals surface area contributed by atoms with Gasteiger partial charge in [0.05, 0.1) is 18.5 Å². The summed E-state index contributed by atoms with van der Waals surface area (Å²) in [5, 5.41) is 7.87. The number of Topliss-reactive ketones (excluding diaryl/α,β-unsaturated/α-hetero) is 1. The summed E-state index contributed by atoms with van der Waals surface area (Å²) in [5.74, 6) is -3.53. The standard InChI is InChI=1S/C26H28N4O5/c31-21-14-18(25(34)30-21)24(33)23(17-10-4-5-11-17)29-22(32)15-20(16-8-2-1-3-9-16)28-26(35)19-12-6-7-13-27-19/h1-3,6-9,12-13,17-18,20,23H,4-5,10-11,14-15H2,(H,28,35)(H,29,32)(H,30,31,34)/t18?,20-,23?/m0/s1. The predicted molar refractivity (Wildman–Crippen MR) is 126 cm³/mol. The van der Waals surface area contributed by atoms with E-state index in [0.29, 0.717) is 0 Å². The molecule has 1 aromatic heterocycles. The molecule has 1 aromatic carbocycles. The highest BCUT2D eigenvalue weighted by molar-refractivity contribution is 6.15. The highest BCUT2D eigenvalue weighted by Crippen LogP contribution is 2.31. The van der Waals surface area contributed by atoms with E-state index in [2.05, 4.69) is 20.9 Å². The van der Waals surface area contributed by atoms with Gasteiger partial charge in [0.2, 0.25) is 17.7 Å². The quantitative estimate of drug-likeness (QED) is 0.374. The molecule has 2 heterocycles. The van der Waals surface area contributed by atoms with Crippen LogP contribution < -0.4 is 16.0 Å². The van der Waals surface area contributed by atoms with Crippen molar-refractivity contribution in [3.63, 3.8) is 0 Å². The molecule has 3 N–H and O–H groups in total. The highest BCUT2D eigenvalue weighted by Gasteiger charge is 2.43. The van der Waals surface area contributed by atoms with E-state index in [1.807, 2.05) is 30.3 Å². The van der Waals surface area contributed by atoms with Gasteiger partial charge in [0.25, 0.3) is 5.91 Å². The second-order valence-electron chi connectivity index (χ2n) is 9.02. The molecule has 2 unspecified atom stereocenters. The number of amides is 4. The maximum Gasteiger partial charge on any atom is 0.270 e. The summed E-state index contributed by atoms with van der Waals surface area (Å²) in [5.41, 5.74) is 0.959. The van der Waals surface area contributed by atoms with Crippen molar-refractivity contribution in [2.24, 2.45) is 11.8 Å². The molecule has 0 radical (unpaired) electrons. The van der Waals surface area contributed by atoms with Crippen molar-refractivity contribution >= 4 is 29.4 Å². The first-order valence-corrected chi connectivity index (χ1v) is 11.9. The first-order valence-electron chi connectivity index (χ1n) is 11.9. The van der Waals surface area contributed by atoms with Gasteiger partial charge in [0, 0.05) is 12.6 Å². The highest BCUT2D eigenvalue weighted by atomic mass is 16.2. The Labute approximate surface area is 203 Å². The van der Waals surface area contributed by atoms with Crippen molar-refractivity contribution in [1.29, 1.82) is 0 Å². The minimum Gasteiger partial charge on any atom is -0.346 e. The van der Waals surface area contributed by atoms with Gasteiger partial charge in [0.15, 0.2) is 5.78 Å². The Morgan fingerprint density at radius 2 is 1.69 bits per heavy atom. The Hall–Kier alpha value is -3.88. The molecule has 4 amide bonds. The smallest absolute Gasteiger partial charge is 0.270 e. The molecule has 2 aromatic rings. The lowest BCUT2D eigenvalue weighted by atomic mass is 9.87. The van der Waals surface area contributed by atoms with E-state index in [4.69, 9.17) is 0 Å². The van der Waals surface area contributed by atoms with Crippen LogP contribution in [0.4, 0.5) is 0 Å². The monoisotopic (exact) mass is 476 g/mol. The van der Waals surface area contributed by atoms with Crippen LogP contribution in [0, 0.1) is 11.8 Å². The predicted octanol–water partition coefficient (Wildman–Crippen LogP) is 1.85. The fourth-order valence-electron chi connectivity index (χ4n) is 4.80. The fourth-order valence-corrected chi connectivity index (χ4v) is 4.80. The number of carbonyl (C=O) groups is 5. The molecular weight excluding hydrogens is 448 g/mol. The number of nitrogens with zero attached hydrogens (tertiary/aromatic N) is 1. The lowest BCUT2D eigenvalue weighted by molar-refractivity contribution is -0.136. The summed E-state index contributed by atoms with van der Waals surface area (Å²) in [6.45, 7) is 0. The van der Waals surface area contributed by atoms with E-state index < -0.39 is 47.4 Å². The van der Waals surface area contributed by atoms with Crippen LogP contribution in [0.5, 0.6) is 0 Å². The molecule has 0 bridgehead atoms. The number of aromatic nitrogens is 1. The van der Waals surface area contributed by atoms with Gasteiger partial charge in [-0.05, 0) is 36.5 Å². The van der Waals surface area contributed by atoms with Gasteiger partial charge in [-0.2, -0.15) is 0 Å². The third kappa shape index (κ3) is 5.98.